The molecule has 0 radical (unpaired) electrons. The minimum Gasteiger partial charge on any atom is -0.313 e. The zero-order valence-corrected chi connectivity index (χ0v) is 10.9. The number of halogens is 1. The highest BCUT2D eigenvalue weighted by Crippen LogP contribution is 2.23. The third-order valence-electron chi connectivity index (χ3n) is 2.24. The highest BCUT2D eigenvalue weighted by molar-refractivity contribution is 7.99. The van der Waals surface area contributed by atoms with Gasteiger partial charge < -0.3 is 5.32 Å². The van der Waals surface area contributed by atoms with Crippen molar-refractivity contribution in [1.29, 1.82) is 0 Å². The second kappa shape index (κ2) is 6.36. The Kier molecular flexibility index (Phi) is 5.43. The number of nitrogens with one attached hydrogen (secondary N) is 1. The van der Waals surface area contributed by atoms with Crippen molar-refractivity contribution in [3.05, 3.63) is 23.4 Å². The molecule has 0 aliphatic heterocycles. The van der Waals surface area contributed by atoms with Gasteiger partial charge in [0.2, 0.25) is 0 Å². The molecule has 1 rings (SSSR count). The van der Waals surface area contributed by atoms with Crippen LogP contribution in [0.15, 0.2) is 23.4 Å². The predicted molar refractivity (Wildman–Crippen MR) is 67.7 cm³/mol. The van der Waals surface area contributed by atoms with Gasteiger partial charge in [0.15, 0.2) is 0 Å². The maximum atomic E-state index is 5.78. The van der Waals surface area contributed by atoms with Crippen LogP contribution in [0.4, 0.5) is 0 Å². The summed E-state index contributed by atoms with van der Waals surface area (Å²) in [6.07, 6.45) is 1.69. The van der Waals surface area contributed by atoms with Crippen molar-refractivity contribution in [1.82, 2.24) is 10.3 Å². The summed E-state index contributed by atoms with van der Waals surface area (Å²) in [5, 5.41) is 5.61. The van der Waals surface area contributed by atoms with Gasteiger partial charge in [-0.25, -0.2) is 4.98 Å². The van der Waals surface area contributed by atoms with Crippen LogP contribution in [-0.2, 0) is 0 Å². The SMILES string of the molecule is CCNC(C)C(C)Sc1ccc(Cl)cn1. The van der Waals surface area contributed by atoms with E-state index in [1.807, 2.05) is 12.1 Å². The second-order valence-corrected chi connectivity index (χ2v) is 5.32. The van der Waals surface area contributed by atoms with Gasteiger partial charge in [-0.05, 0) is 25.6 Å². The van der Waals surface area contributed by atoms with E-state index in [4.69, 9.17) is 11.6 Å². The fraction of sp³-hybridized carbons (Fsp3) is 0.545. The smallest absolute Gasteiger partial charge is 0.0964 e. The summed E-state index contributed by atoms with van der Waals surface area (Å²) in [5.74, 6) is 0. The Morgan fingerprint density at radius 3 is 2.73 bits per heavy atom. The number of pyridine rings is 1. The number of aromatic nitrogens is 1. The number of hydrogen-bond donors (Lipinski definition) is 1. The molecule has 0 spiro atoms. The predicted octanol–water partition coefficient (Wildman–Crippen LogP) is 3.21. The number of hydrogen-bond acceptors (Lipinski definition) is 3. The van der Waals surface area contributed by atoms with E-state index in [9.17, 15) is 0 Å². The highest BCUT2D eigenvalue weighted by atomic mass is 35.5. The van der Waals surface area contributed by atoms with Gasteiger partial charge >= 0.3 is 0 Å². The fourth-order valence-corrected chi connectivity index (χ4v) is 2.27. The Labute approximate surface area is 101 Å². The molecule has 1 aromatic rings. The molecular formula is C11H17ClN2S. The van der Waals surface area contributed by atoms with Crippen LogP contribution in [0.2, 0.25) is 5.02 Å². The largest absolute Gasteiger partial charge is 0.313 e. The van der Waals surface area contributed by atoms with Gasteiger partial charge in [-0.3, -0.25) is 0 Å². The summed E-state index contributed by atoms with van der Waals surface area (Å²) in [5.41, 5.74) is 0. The van der Waals surface area contributed by atoms with E-state index >= 15 is 0 Å². The number of nitrogens with zero attached hydrogens (tertiary/aromatic N) is 1. The maximum Gasteiger partial charge on any atom is 0.0964 e. The van der Waals surface area contributed by atoms with Crippen molar-refractivity contribution < 1.29 is 0 Å². The van der Waals surface area contributed by atoms with Crippen molar-refractivity contribution in [2.24, 2.45) is 0 Å². The average molecular weight is 245 g/mol. The molecule has 0 fully saturated rings. The Morgan fingerprint density at radius 2 is 2.20 bits per heavy atom. The third kappa shape index (κ3) is 4.41. The molecule has 1 heterocycles. The summed E-state index contributed by atoms with van der Waals surface area (Å²) in [6.45, 7) is 7.51. The molecule has 0 aromatic carbocycles. The lowest BCUT2D eigenvalue weighted by atomic mass is 10.2. The van der Waals surface area contributed by atoms with Gasteiger partial charge in [0.25, 0.3) is 0 Å². The first kappa shape index (κ1) is 12.8. The first-order chi connectivity index (χ1) is 7.13. The van der Waals surface area contributed by atoms with Crippen molar-refractivity contribution in [2.75, 3.05) is 6.54 Å². The van der Waals surface area contributed by atoms with Crippen LogP contribution >= 0.6 is 23.4 Å². The van der Waals surface area contributed by atoms with Gasteiger partial charge in [0.1, 0.15) is 0 Å². The van der Waals surface area contributed by atoms with Crippen LogP contribution in [0.3, 0.4) is 0 Å². The standard InChI is InChI=1S/C11H17ClN2S/c1-4-13-8(2)9(3)15-11-6-5-10(12)7-14-11/h5-9,13H,4H2,1-3H3. The minimum absolute atomic E-state index is 0.484. The molecular weight excluding hydrogens is 228 g/mol. The lowest BCUT2D eigenvalue weighted by molar-refractivity contribution is 0.563. The Hall–Kier alpha value is -0.250. The molecule has 0 saturated heterocycles. The molecule has 2 unspecified atom stereocenters. The molecule has 0 aliphatic carbocycles. The Balaban J connectivity index is 2.50. The summed E-state index contributed by atoms with van der Waals surface area (Å²) in [4.78, 5) is 4.26. The lowest BCUT2D eigenvalue weighted by Gasteiger charge is -2.19. The molecule has 0 aliphatic rings. The van der Waals surface area contributed by atoms with Gasteiger partial charge in [-0.1, -0.05) is 25.4 Å². The monoisotopic (exact) mass is 244 g/mol. The summed E-state index contributed by atoms with van der Waals surface area (Å²) in [7, 11) is 0. The van der Waals surface area contributed by atoms with E-state index in [1.54, 1.807) is 18.0 Å². The van der Waals surface area contributed by atoms with E-state index < -0.39 is 0 Å². The molecule has 0 saturated carbocycles. The Morgan fingerprint density at radius 1 is 1.47 bits per heavy atom. The van der Waals surface area contributed by atoms with Gasteiger partial charge in [0, 0.05) is 17.5 Å². The first-order valence-corrected chi connectivity index (χ1v) is 6.40. The minimum atomic E-state index is 0.484. The zero-order valence-electron chi connectivity index (χ0n) is 9.33. The van der Waals surface area contributed by atoms with Gasteiger partial charge in [-0.15, -0.1) is 11.8 Å². The summed E-state index contributed by atoms with van der Waals surface area (Å²) in [6, 6.07) is 4.32. The van der Waals surface area contributed by atoms with Gasteiger partial charge in [-0.2, -0.15) is 0 Å². The molecule has 2 nitrogen and oxygen atoms in total. The summed E-state index contributed by atoms with van der Waals surface area (Å²) < 4.78 is 0. The first-order valence-electron chi connectivity index (χ1n) is 5.15. The van der Waals surface area contributed by atoms with Crippen molar-refractivity contribution in [3.8, 4) is 0 Å². The van der Waals surface area contributed by atoms with Crippen LogP contribution in [0.25, 0.3) is 0 Å². The van der Waals surface area contributed by atoms with Crippen molar-refractivity contribution in [2.45, 2.75) is 37.1 Å². The normalized spacial score (nSPS) is 14.9. The number of rotatable bonds is 5. The van der Waals surface area contributed by atoms with Crippen LogP contribution < -0.4 is 5.32 Å². The average Bonchev–Trinajstić information content (AvgIpc) is 2.22. The molecule has 84 valence electrons. The van der Waals surface area contributed by atoms with Crippen molar-refractivity contribution in [3.63, 3.8) is 0 Å². The molecule has 1 N–H and O–H groups in total. The third-order valence-corrected chi connectivity index (χ3v) is 3.72. The Bertz CT molecular complexity index is 289. The van der Waals surface area contributed by atoms with E-state index in [1.165, 1.54) is 0 Å². The fourth-order valence-electron chi connectivity index (χ4n) is 1.21. The van der Waals surface area contributed by atoms with E-state index in [-0.39, 0.29) is 0 Å². The molecule has 15 heavy (non-hydrogen) atoms. The quantitative estimate of drug-likeness (QED) is 0.806. The second-order valence-electron chi connectivity index (χ2n) is 3.48. The van der Waals surface area contributed by atoms with Crippen LogP contribution in [-0.4, -0.2) is 22.8 Å². The van der Waals surface area contributed by atoms with E-state index in [0.29, 0.717) is 16.3 Å². The summed E-state index contributed by atoms with van der Waals surface area (Å²) >= 11 is 7.54. The van der Waals surface area contributed by atoms with Crippen LogP contribution in [0, 0.1) is 0 Å². The molecule has 0 amide bonds. The maximum absolute atomic E-state index is 5.78. The molecule has 0 bridgehead atoms. The topological polar surface area (TPSA) is 24.9 Å². The molecule has 4 heteroatoms. The molecule has 1 aromatic heterocycles. The lowest BCUT2D eigenvalue weighted by Crippen LogP contribution is -2.33. The highest BCUT2D eigenvalue weighted by Gasteiger charge is 2.12. The molecule has 2 atom stereocenters. The van der Waals surface area contributed by atoms with Crippen LogP contribution in [0.1, 0.15) is 20.8 Å². The van der Waals surface area contributed by atoms with Gasteiger partial charge in [0.05, 0.1) is 10.0 Å². The zero-order chi connectivity index (χ0) is 11.3. The van der Waals surface area contributed by atoms with Crippen LogP contribution in [0.5, 0.6) is 0 Å². The number of thioether (sulfide) groups is 1. The van der Waals surface area contributed by atoms with E-state index in [2.05, 4.69) is 31.1 Å². The van der Waals surface area contributed by atoms with E-state index in [0.717, 1.165) is 11.6 Å². The van der Waals surface area contributed by atoms with Crippen molar-refractivity contribution >= 4 is 23.4 Å².